The van der Waals surface area contributed by atoms with Gasteiger partial charge in [-0.05, 0) is 18.2 Å². The van der Waals surface area contributed by atoms with Crippen molar-refractivity contribution in [1.82, 2.24) is 15.0 Å². The number of nitrogens with zero attached hydrogens (tertiary/aromatic N) is 5. The molecule has 1 aliphatic rings. The highest BCUT2D eigenvalue weighted by Crippen LogP contribution is 2.27. The number of halogens is 3. The normalized spacial score (nSPS) is 13.8. The van der Waals surface area contributed by atoms with Crippen molar-refractivity contribution >= 4 is 23.4 Å². The monoisotopic (exact) mass is 444 g/mol. The standard InChI is InChI=1S/C21H19F3N6O2/c1-32-19-17(23)14(10-15(22)18(19)24)20(31)28-13-11-26-21(27-12-13)30-8-6-29(7-9-30)16-4-2-3-5-25-16/h2-5,10-12H,6-9H2,1H3,(H,28,31). The second-order valence-electron chi connectivity index (χ2n) is 6.96. The summed E-state index contributed by atoms with van der Waals surface area (Å²) in [6.45, 7) is 2.86. The number of nitrogens with one attached hydrogen (secondary N) is 1. The quantitative estimate of drug-likeness (QED) is 0.606. The molecule has 1 saturated heterocycles. The number of carbonyl (C=O) groups is 1. The summed E-state index contributed by atoms with van der Waals surface area (Å²) < 4.78 is 46.0. The van der Waals surface area contributed by atoms with E-state index in [1.165, 1.54) is 12.4 Å². The molecule has 32 heavy (non-hydrogen) atoms. The molecule has 0 atom stereocenters. The predicted molar refractivity (Wildman–Crippen MR) is 112 cm³/mol. The largest absolute Gasteiger partial charge is 0.491 e. The topological polar surface area (TPSA) is 83.5 Å². The summed E-state index contributed by atoms with van der Waals surface area (Å²) in [5.41, 5.74) is -0.524. The average molecular weight is 444 g/mol. The van der Waals surface area contributed by atoms with Crippen molar-refractivity contribution in [2.45, 2.75) is 0 Å². The molecule has 3 aromatic rings. The summed E-state index contributed by atoms with van der Waals surface area (Å²) in [6.07, 6.45) is 4.47. The average Bonchev–Trinajstić information content (AvgIpc) is 2.83. The molecule has 0 aliphatic carbocycles. The molecule has 4 rings (SSSR count). The van der Waals surface area contributed by atoms with Gasteiger partial charge in [0.25, 0.3) is 5.91 Å². The fourth-order valence-corrected chi connectivity index (χ4v) is 3.35. The van der Waals surface area contributed by atoms with Crippen LogP contribution in [0.4, 0.5) is 30.6 Å². The third-order valence-corrected chi connectivity index (χ3v) is 5.00. The van der Waals surface area contributed by atoms with E-state index in [0.717, 1.165) is 26.0 Å². The molecule has 1 amide bonds. The predicted octanol–water partition coefficient (Wildman–Crippen LogP) is 2.88. The summed E-state index contributed by atoms with van der Waals surface area (Å²) >= 11 is 0. The number of hydrogen-bond donors (Lipinski definition) is 1. The Balaban J connectivity index is 1.41. The van der Waals surface area contributed by atoms with Gasteiger partial charge in [-0.15, -0.1) is 0 Å². The van der Waals surface area contributed by atoms with E-state index in [-0.39, 0.29) is 5.69 Å². The highest BCUT2D eigenvalue weighted by atomic mass is 19.2. The van der Waals surface area contributed by atoms with E-state index < -0.39 is 34.7 Å². The summed E-state index contributed by atoms with van der Waals surface area (Å²) in [5, 5.41) is 2.37. The van der Waals surface area contributed by atoms with Crippen LogP contribution in [0.25, 0.3) is 0 Å². The lowest BCUT2D eigenvalue weighted by atomic mass is 10.1. The van der Waals surface area contributed by atoms with E-state index in [4.69, 9.17) is 0 Å². The second kappa shape index (κ2) is 9.08. The Morgan fingerprint density at radius 3 is 2.31 bits per heavy atom. The van der Waals surface area contributed by atoms with Gasteiger partial charge in [0, 0.05) is 32.4 Å². The van der Waals surface area contributed by atoms with Crippen LogP contribution in [0.1, 0.15) is 10.4 Å². The molecule has 2 aromatic heterocycles. The van der Waals surface area contributed by atoms with E-state index in [2.05, 4.69) is 29.9 Å². The molecule has 1 aromatic carbocycles. The Morgan fingerprint density at radius 2 is 1.69 bits per heavy atom. The van der Waals surface area contributed by atoms with Crippen molar-refractivity contribution in [3.8, 4) is 5.75 Å². The van der Waals surface area contributed by atoms with Crippen molar-refractivity contribution in [1.29, 1.82) is 0 Å². The maximum atomic E-state index is 14.3. The van der Waals surface area contributed by atoms with Gasteiger partial charge in [0.1, 0.15) is 5.82 Å². The van der Waals surface area contributed by atoms with Crippen LogP contribution in [0.15, 0.2) is 42.9 Å². The van der Waals surface area contributed by atoms with E-state index in [0.29, 0.717) is 25.1 Å². The molecule has 0 radical (unpaired) electrons. The number of hydrogen-bond acceptors (Lipinski definition) is 7. The van der Waals surface area contributed by atoms with Gasteiger partial charge in [-0.1, -0.05) is 6.07 Å². The highest BCUT2D eigenvalue weighted by Gasteiger charge is 2.24. The molecular formula is C21H19F3N6O2. The van der Waals surface area contributed by atoms with Crippen LogP contribution in [0, 0.1) is 17.5 Å². The molecule has 1 aliphatic heterocycles. The van der Waals surface area contributed by atoms with Crippen LogP contribution in [0.3, 0.4) is 0 Å². The molecule has 0 spiro atoms. The Labute approximate surface area is 181 Å². The zero-order valence-electron chi connectivity index (χ0n) is 17.1. The number of anilines is 3. The van der Waals surface area contributed by atoms with E-state index in [1.807, 2.05) is 23.1 Å². The Bertz CT molecular complexity index is 1110. The molecule has 0 unspecified atom stereocenters. The van der Waals surface area contributed by atoms with E-state index >= 15 is 0 Å². The number of ether oxygens (including phenoxy) is 1. The lowest BCUT2D eigenvalue weighted by Gasteiger charge is -2.35. The number of benzene rings is 1. The number of carbonyl (C=O) groups excluding carboxylic acids is 1. The van der Waals surface area contributed by atoms with Crippen molar-refractivity contribution in [3.05, 3.63) is 65.9 Å². The maximum absolute atomic E-state index is 14.3. The van der Waals surface area contributed by atoms with Crippen LogP contribution in [0.5, 0.6) is 5.75 Å². The number of pyridine rings is 1. The van der Waals surface area contributed by atoms with Crippen molar-refractivity contribution < 1.29 is 22.7 Å². The van der Waals surface area contributed by atoms with Gasteiger partial charge < -0.3 is 19.9 Å². The van der Waals surface area contributed by atoms with Crippen LogP contribution < -0.4 is 19.9 Å². The zero-order valence-corrected chi connectivity index (χ0v) is 17.1. The number of methoxy groups -OCH3 is 1. The SMILES string of the molecule is COc1c(F)c(F)cc(C(=O)Nc2cnc(N3CCN(c4ccccn4)CC3)nc2)c1F. The lowest BCUT2D eigenvalue weighted by Crippen LogP contribution is -2.47. The van der Waals surface area contributed by atoms with Gasteiger partial charge in [-0.25, -0.2) is 23.7 Å². The molecular weight excluding hydrogens is 425 g/mol. The van der Waals surface area contributed by atoms with Crippen LogP contribution >= 0.6 is 0 Å². The van der Waals surface area contributed by atoms with Gasteiger partial charge in [-0.2, -0.15) is 4.39 Å². The molecule has 1 N–H and O–H groups in total. The van der Waals surface area contributed by atoms with Gasteiger partial charge >= 0.3 is 0 Å². The summed E-state index contributed by atoms with van der Waals surface area (Å²) in [7, 11) is 0.978. The number of rotatable bonds is 5. The minimum atomic E-state index is -1.50. The maximum Gasteiger partial charge on any atom is 0.258 e. The fourth-order valence-electron chi connectivity index (χ4n) is 3.35. The highest BCUT2D eigenvalue weighted by molar-refractivity contribution is 6.04. The summed E-state index contributed by atoms with van der Waals surface area (Å²) in [5.74, 6) is -4.77. The zero-order chi connectivity index (χ0) is 22.7. The number of aromatic nitrogens is 3. The Kier molecular flexibility index (Phi) is 6.06. The van der Waals surface area contributed by atoms with Crippen LogP contribution in [-0.4, -0.2) is 54.1 Å². The Morgan fingerprint density at radius 1 is 1.00 bits per heavy atom. The smallest absolute Gasteiger partial charge is 0.258 e. The molecule has 1 fully saturated rings. The third kappa shape index (κ3) is 4.27. The Hall–Kier alpha value is -3.89. The first kappa shape index (κ1) is 21.3. The molecule has 0 saturated carbocycles. The van der Waals surface area contributed by atoms with E-state index in [1.54, 1.807) is 6.20 Å². The van der Waals surface area contributed by atoms with Gasteiger partial charge in [-0.3, -0.25) is 4.79 Å². The molecule has 0 bridgehead atoms. The first-order chi connectivity index (χ1) is 15.5. The van der Waals surface area contributed by atoms with Crippen LogP contribution in [0.2, 0.25) is 0 Å². The minimum Gasteiger partial charge on any atom is -0.491 e. The lowest BCUT2D eigenvalue weighted by molar-refractivity contribution is 0.102. The van der Waals surface area contributed by atoms with Gasteiger partial charge in [0.15, 0.2) is 17.4 Å². The van der Waals surface area contributed by atoms with Crippen molar-refractivity contribution in [2.75, 3.05) is 48.4 Å². The fraction of sp³-hybridized carbons (Fsp3) is 0.238. The minimum absolute atomic E-state index is 0.175. The number of amides is 1. The van der Waals surface area contributed by atoms with Gasteiger partial charge in [0.05, 0.1) is 30.8 Å². The molecule has 3 heterocycles. The molecule has 11 heteroatoms. The van der Waals surface area contributed by atoms with Gasteiger partial charge in [0.2, 0.25) is 11.8 Å². The van der Waals surface area contributed by atoms with E-state index in [9.17, 15) is 18.0 Å². The third-order valence-electron chi connectivity index (χ3n) is 5.00. The number of piperazine rings is 1. The van der Waals surface area contributed by atoms with Crippen LogP contribution in [-0.2, 0) is 0 Å². The molecule has 166 valence electrons. The first-order valence-corrected chi connectivity index (χ1v) is 9.73. The summed E-state index contributed by atoms with van der Waals surface area (Å²) in [4.78, 5) is 29.3. The van der Waals surface area contributed by atoms with Crippen molar-refractivity contribution in [2.24, 2.45) is 0 Å². The molecule has 8 nitrogen and oxygen atoms in total. The second-order valence-corrected chi connectivity index (χ2v) is 6.96. The first-order valence-electron chi connectivity index (χ1n) is 9.73. The summed E-state index contributed by atoms with van der Waals surface area (Å²) in [6, 6.07) is 6.23. The van der Waals surface area contributed by atoms with Crippen molar-refractivity contribution in [3.63, 3.8) is 0 Å².